The molecule has 15 heavy (non-hydrogen) atoms. The van der Waals surface area contributed by atoms with Crippen LogP contribution < -0.4 is 11.1 Å². The van der Waals surface area contributed by atoms with Gasteiger partial charge in [-0.1, -0.05) is 24.4 Å². The zero-order valence-electron chi connectivity index (χ0n) is 8.62. The lowest BCUT2D eigenvalue weighted by Gasteiger charge is -2.06. The Morgan fingerprint density at radius 1 is 1.53 bits per heavy atom. The summed E-state index contributed by atoms with van der Waals surface area (Å²) < 4.78 is 0. The number of nitrogens with two attached hydrogens (primary N) is 1. The highest BCUT2D eigenvalue weighted by Gasteiger charge is 1.99. The van der Waals surface area contributed by atoms with Crippen LogP contribution in [0.3, 0.4) is 0 Å². The van der Waals surface area contributed by atoms with Crippen LogP contribution in [-0.2, 0) is 0 Å². The summed E-state index contributed by atoms with van der Waals surface area (Å²) in [6, 6.07) is 7.37. The second-order valence-electron chi connectivity index (χ2n) is 3.28. The van der Waals surface area contributed by atoms with Crippen molar-refractivity contribution in [3.8, 4) is 0 Å². The fourth-order valence-corrected chi connectivity index (χ4v) is 1.28. The van der Waals surface area contributed by atoms with E-state index in [1.165, 1.54) is 0 Å². The summed E-state index contributed by atoms with van der Waals surface area (Å²) in [4.78, 5) is 11.6. The van der Waals surface area contributed by atoms with Crippen LogP contribution in [0.25, 0.3) is 0 Å². The second-order valence-corrected chi connectivity index (χ2v) is 3.80. The van der Waals surface area contributed by atoms with Crippen molar-refractivity contribution in [3.05, 3.63) is 29.8 Å². The normalized spacial score (nSPS) is 9.67. The molecule has 0 radical (unpaired) electrons. The van der Waals surface area contributed by atoms with E-state index in [9.17, 15) is 4.79 Å². The summed E-state index contributed by atoms with van der Waals surface area (Å²) in [6.45, 7) is 2.24. The molecule has 0 saturated heterocycles. The zero-order chi connectivity index (χ0) is 11.3. The number of hydrogen-bond donors (Lipinski definition) is 2. The standard InChI is InChI=1S/C11H14N2OS/c1-8(14)9-3-2-4-10(7-9)13-6-5-11(12)15/h2-4,7,13H,5-6H2,1H3,(H2,12,15). The Kier molecular flexibility index (Phi) is 4.24. The number of nitrogens with one attached hydrogen (secondary N) is 1. The van der Waals surface area contributed by atoms with E-state index in [1.807, 2.05) is 18.2 Å². The number of rotatable bonds is 5. The van der Waals surface area contributed by atoms with Crippen molar-refractivity contribution in [1.29, 1.82) is 0 Å². The molecule has 0 atom stereocenters. The Hall–Kier alpha value is -1.42. The fraction of sp³-hybridized carbons (Fsp3) is 0.273. The Morgan fingerprint density at radius 3 is 2.87 bits per heavy atom. The van der Waals surface area contributed by atoms with E-state index in [0.717, 1.165) is 5.69 Å². The van der Waals surface area contributed by atoms with Crippen LogP contribution in [-0.4, -0.2) is 17.3 Å². The number of ketones is 1. The molecule has 3 nitrogen and oxygen atoms in total. The van der Waals surface area contributed by atoms with Crippen LogP contribution in [0.4, 0.5) is 5.69 Å². The predicted molar refractivity (Wildman–Crippen MR) is 66.3 cm³/mol. The minimum atomic E-state index is 0.0630. The van der Waals surface area contributed by atoms with Gasteiger partial charge in [-0.05, 0) is 19.1 Å². The summed E-state index contributed by atoms with van der Waals surface area (Å²) in [5.74, 6) is 0.0630. The molecule has 1 aromatic carbocycles. The molecular formula is C11H14N2OS. The smallest absolute Gasteiger partial charge is 0.159 e. The van der Waals surface area contributed by atoms with Crippen molar-refractivity contribution >= 4 is 28.7 Å². The number of carbonyl (C=O) groups is 1. The summed E-state index contributed by atoms with van der Waals surface area (Å²) in [5, 5.41) is 3.15. The first-order valence-corrected chi connectivity index (χ1v) is 5.13. The van der Waals surface area contributed by atoms with Crippen LogP contribution in [0.2, 0.25) is 0 Å². The molecule has 0 bridgehead atoms. The van der Waals surface area contributed by atoms with E-state index in [1.54, 1.807) is 13.0 Å². The molecule has 0 spiro atoms. The Bertz CT molecular complexity index is 377. The summed E-state index contributed by atoms with van der Waals surface area (Å²) in [5.41, 5.74) is 6.99. The summed E-state index contributed by atoms with van der Waals surface area (Å²) >= 11 is 4.76. The predicted octanol–water partition coefficient (Wildman–Crippen LogP) is 1.98. The van der Waals surface area contributed by atoms with Gasteiger partial charge in [0.2, 0.25) is 0 Å². The Balaban J connectivity index is 2.58. The average molecular weight is 222 g/mol. The molecule has 0 unspecified atom stereocenters. The van der Waals surface area contributed by atoms with Crippen LogP contribution in [0.15, 0.2) is 24.3 Å². The molecule has 0 fully saturated rings. The molecule has 0 amide bonds. The maximum absolute atomic E-state index is 11.1. The molecule has 80 valence electrons. The lowest BCUT2D eigenvalue weighted by molar-refractivity contribution is 0.101. The molecule has 1 aromatic rings. The van der Waals surface area contributed by atoms with E-state index >= 15 is 0 Å². The second kappa shape index (κ2) is 5.46. The minimum Gasteiger partial charge on any atom is -0.393 e. The van der Waals surface area contributed by atoms with E-state index in [2.05, 4.69) is 5.32 Å². The van der Waals surface area contributed by atoms with Gasteiger partial charge >= 0.3 is 0 Å². The highest BCUT2D eigenvalue weighted by Crippen LogP contribution is 2.10. The molecule has 3 N–H and O–H groups in total. The quantitative estimate of drug-likeness (QED) is 0.591. The van der Waals surface area contributed by atoms with Gasteiger partial charge in [0.15, 0.2) is 5.78 Å². The number of hydrogen-bond acceptors (Lipinski definition) is 3. The largest absolute Gasteiger partial charge is 0.393 e. The van der Waals surface area contributed by atoms with Gasteiger partial charge in [-0.3, -0.25) is 4.79 Å². The van der Waals surface area contributed by atoms with Crippen molar-refractivity contribution in [3.63, 3.8) is 0 Å². The third-order valence-corrected chi connectivity index (χ3v) is 2.17. The number of thiocarbonyl (C=S) groups is 1. The van der Waals surface area contributed by atoms with Crippen molar-refractivity contribution in [1.82, 2.24) is 0 Å². The van der Waals surface area contributed by atoms with Crippen LogP contribution in [0.1, 0.15) is 23.7 Å². The van der Waals surface area contributed by atoms with Crippen LogP contribution >= 0.6 is 12.2 Å². The lowest BCUT2D eigenvalue weighted by atomic mass is 10.1. The van der Waals surface area contributed by atoms with E-state index in [0.29, 0.717) is 23.5 Å². The van der Waals surface area contributed by atoms with Crippen molar-refractivity contribution in [2.75, 3.05) is 11.9 Å². The van der Waals surface area contributed by atoms with Gasteiger partial charge < -0.3 is 11.1 Å². The molecule has 0 aromatic heterocycles. The lowest BCUT2D eigenvalue weighted by Crippen LogP contribution is -2.14. The zero-order valence-corrected chi connectivity index (χ0v) is 9.43. The van der Waals surface area contributed by atoms with Gasteiger partial charge in [-0.15, -0.1) is 0 Å². The van der Waals surface area contributed by atoms with Gasteiger partial charge in [0.1, 0.15) is 0 Å². The van der Waals surface area contributed by atoms with Crippen molar-refractivity contribution in [2.45, 2.75) is 13.3 Å². The number of anilines is 1. The molecule has 0 aliphatic heterocycles. The molecule has 0 aliphatic carbocycles. The van der Waals surface area contributed by atoms with Crippen LogP contribution in [0.5, 0.6) is 0 Å². The Labute approximate surface area is 94.7 Å². The van der Waals surface area contributed by atoms with E-state index < -0.39 is 0 Å². The monoisotopic (exact) mass is 222 g/mol. The van der Waals surface area contributed by atoms with Crippen molar-refractivity contribution in [2.24, 2.45) is 5.73 Å². The maximum Gasteiger partial charge on any atom is 0.159 e. The maximum atomic E-state index is 11.1. The fourth-order valence-electron chi connectivity index (χ4n) is 1.18. The highest BCUT2D eigenvalue weighted by atomic mass is 32.1. The highest BCUT2D eigenvalue weighted by molar-refractivity contribution is 7.80. The summed E-state index contributed by atoms with van der Waals surface area (Å²) in [6.07, 6.45) is 0.652. The van der Waals surface area contributed by atoms with Gasteiger partial charge in [-0.2, -0.15) is 0 Å². The molecule has 0 heterocycles. The third-order valence-electron chi connectivity index (χ3n) is 1.97. The summed E-state index contributed by atoms with van der Waals surface area (Å²) in [7, 11) is 0. The first kappa shape index (κ1) is 11.7. The molecular weight excluding hydrogens is 208 g/mol. The van der Waals surface area contributed by atoms with Gasteiger partial charge in [0.25, 0.3) is 0 Å². The van der Waals surface area contributed by atoms with Gasteiger partial charge in [-0.25, -0.2) is 0 Å². The molecule has 1 rings (SSSR count). The van der Waals surface area contributed by atoms with Crippen molar-refractivity contribution < 1.29 is 4.79 Å². The van der Waals surface area contributed by atoms with Gasteiger partial charge in [0.05, 0.1) is 4.99 Å². The van der Waals surface area contributed by atoms with Gasteiger partial charge in [0, 0.05) is 24.2 Å². The number of benzene rings is 1. The van der Waals surface area contributed by atoms with E-state index in [-0.39, 0.29) is 5.78 Å². The molecule has 4 heteroatoms. The Morgan fingerprint density at radius 2 is 2.27 bits per heavy atom. The van der Waals surface area contributed by atoms with E-state index in [4.69, 9.17) is 18.0 Å². The first-order chi connectivity index (χ1) is 7.09. The molecule has 0 aliphatic rings. The topological polar surface area (TPSA) is 55.1 Å². The third kappa shape index (κ3) is 4.08. The number of carbonyl (C=O) groups excluding carboxylic acids is 1. The molecule has 0 saturated carbocycles. The SMILES string of the molecule is CC(=O)c1cccc(NCCC(N)=S)c1. The number of Topliss-reactive ketones (excluding diaryl/α,β-unsaturated/α-hetero) is 1. The minimum absolute atomic E-state index is 0.0630. The average Bonchev–Trinajstić information content (AvgIpc) is 2.17. The first-order valence-electron chi connectivity index (χ1n) is 4.73. The van der Waals surface area contributed by atoms with Crippen LogP contribution in [0, 0.1) is 0 Å².